The van der Waals surface area contributed by atoms with Crippen LogP contribution in [0.1, 0.15) is 33.6 Å². The summed E-state index contributed by atoms with van der Waals surface area (Å²) >= 11 is 0. The van der Waals surface area contributed by atoms with Crippen molar-refractivity contribution >= 4 is 5.97 Å². The second-order valence-electron chi connectivity index (χ2n) is 5.20. The van der Waals surface area contributed by atoms with Crippen LogP contribution in [-0.4, -0.2) is 48.7 Å². The fourth-order valence-electron chi connectivity index (χ4n) is 1.63. The Morgan fingerprint density at radius 1 is 1.35 bits per heavy atom. The summed E-state index contributed by atoms with van der Waals surface area (Å²) in [6.07, 6.45) is 0.569. The molecule has 0 aromatic rings. The highest BCUT2D eigenvalue weighted by atomic mass is 16.6. The summed E-state index contributed by atoms with van der Waals surface area (Å²) < 4.78 is 16.2. The topological polar surface area (TPSA) is 65.0 Å². The molecule has 1 rings (SSSR count). The second kappa shape index (κ2) is 6.33. The van der Waals surface area contributed by atoms with E-state index >= 15 is 0 Å². The van der Waals surface area contributed by atoms with Gasteiger partial charge in [0.15, 0.2) is 6.10 Å². The summed E-state index contributed by atoms with van der Waals surface area (Å²) in [6, 6.07) is 0. The smallest absolute Gasteiger partial charge is 0.332 e. The van der Waals surface area contributed by atoms with Crippen LogP contribution in [0.3, 0.4) is 0 Å². The summed E-state index contributed by atoms with van der Waals surface area (Å²) in [6.45, 7) is 7.46. The zero-order chi connectivity index (χ0) is 12.9. The van der Waals surface area contributed by atoms with Gasteiger partial charge in [-0.2, -0.15) is 0 Å². The number of carboxylic acid groups (broad SMARTS) is 1. The molecule has 1 N–H and O–H groups in total. The molecular weight excluding hydrogens is 224 g/mol. The van der Waals surface area contributed by atoms with Gasteiger partial charge in [-0.25, -0.2) is 4.79 Å². The highest BCUT2D eigenvalue weighted by Crippen LogP contribution is 2.19. The Labute approximate surface area is 102 Å². The number of hydrogen-bond donors (Lipinski definition) is 1. The van der Waals surface area contributed by atoms with Crippen molar-refractivity contribution in [3.63, 3.8) is 0 Å². The van der Waals surface area contributed by atoms with Gasteiger partial charge in [0, 0.05) is 0 Å². The highest BCUT2D eigenvalue weighted by molar-refractivity contribution is 5.72. The number of aliphatic carboxylic acids is 1. The Balaban J connectivity index is 2.03. The van der Waals surface area contributed by atoms with Crippen LogP contribution in [0, 0.1) is 0 Å². The van der Waals surface area contributed by atoms with Crippen LogP contribution >= 0.6 is 0 Å². The lowest BCUT2D eigenvalue weighted by molar-refractivity contribution is -0.150. The monoisotopic (exact) mass is 246 g/mol. The number of carbonyl (C=O) groups is 1. The van der Waals surface area contributed by atoms with Crippen molar-refractivity contribution in [1.29, 1.82) is 0 Å². The van der Waals surface area contributed by atoms with E-state index in [0.717, 1.165) is 6.42 Å². The Bertz CT molecular complexity index is 246. The average molecular weight is 246 g/mol. The first-order chi connectivity index (χ1) is 7.88. The van der Waals surface area contributed by atoms with Gasteiger partial charge in [-0.3, -0.25) is 0 Å². The summed E-state index contributed by atoms with van der Waals surface area (Å²) in [4.78, 5) is 10.6. The Kier molecular flexibility index (Phi) is 5.36. The van der Waals surface area contributed by atoms with Crippen molar-refractivity contribution in [2.45, 2.75) is 51.4 Å². The average Bonchev–Trinajstić information content (AvgIpc) is 2.64. The van der Waals surface area contributed by atoms with Gasteiger partial charge in [0.2, 0.25) is 0 Å². The molecule has 1 aliphatic rings. The van der Waals surface area contributed by atoms with E-state index in [2.05, 4.69) is 0 Å². The minimum atomic E-state index is -0.886. The van der Waals surface area contributed by atoms with Crippen molar-refractivity contribution in [2.24, 2.45) is 0 Å². The molecule has 2 unspecified atom stereocenters. The summed E-state index contributed by atoms with van der Waals surface area (Å²) in [7, 11) is 0. The fraction of sp³-hybridized carbons (Fsp3) is 0.917. The normalized spacial score (nSPS) is 25.1. The summed E-state index contributed by atoms with van der Waals surface area (Å²) in [5.74, 6) is -0.886. The first-order valence-electron chi connectivity index (χ1n) is 5.98. The number of ether oxygens (including phenoxy) is 3. The summed E-state index contributed by atoms with van der Waals surface area (Å²) in [5, 5.41) is 8.74. The predicted octanol–water partition coefficient (Wildman–Crippen LogP) is 1.45. The van der Waals surface area contributed by atoms with E-state index in [1.807, 2.05) is 20.8 Å². The van der Waals surface area contributed by atoms with Crippen LogP contribution in [-0.2, 0) is 19.0 Å². The molecule has 0 spiro atoms. The lowest BCUT2D eigenvalue weighted by Crippen LogP contribution is -2.25. The van der Waals surface area contributed by atoms with Crippen molar-refractivity contribution in [3.05, 3.63) is 0 Å². The zero-order valence-corrected chi connectivity index (χ0v) is 10.8. The molecule has 0 saturated carbocycles. The van der Waals surface area contributed by atoms with E-state index in [0.29, 0.717) is 26.2 Å². The van der Waals surface area contributed by atoms with Crippen LogP contribution in [0.4, 0.5) is 0 Å². The Morgan fingerprint density at radius 3 is 2.59 bits per heavy atom. The van der Waals surface area contributed by atoms with E-state index in [4.69, 9.17) is 19.3 Å². The molecule has 0 radical (unpaired) electrons. The second-order valence-corrected chi connectivity index (χ2v) is 5.20. The highest BCUT2D eigenvalue weighted by Gasteiger charge is 2.30. The van der Waals surface area contributed by atoms with Gasteiger partial charge in [-0.15, -0.1) is 0 Å². The molecule has 17 heavy (non-hydrogen) atoms. The molecule has 2 atom stereocenters. The van der Waals surface area contributed by atoms with E-state index < -0.39 is 12.1 Å². The van der Waals surface area contributed by atoms with Gasteiger partial charge < -0.3 is 19.3 Å². The van der Waals surface area contributed by atoms with Crippen molar-refractivity contribution in [3.8, 4) is 0 Å². The van der Waals surface area contributed by atoms with Crippen molar-refractivity contribution < 1.29 is 24.1 Å². The maximum atomic E-state index is 10.6. The third kappa shape index (κ3) is 6.00. The molecule has 1 aliphatic heterocycles. The third-order valence-electron chi connectivity index (χ3n) is 2.45. The predicted molar refractivity (Wildman–Crippen MR) is 62.1 cm³/mol. The van der Waals surface area contributed by atoms with Crippen molar-refractivity contribution in [1.82, 2.24) is 0 Å². The van der Waals surface area contributed by atoms with Crippen LogP contribution in [0.25, 0.3) is 0 Å². The molecule has 1 fully saturated rings. The van der Waals surface area contributed by atoms with E-state index in [1.54, 1.807) is 0 Å². The first kappa shape index (κ1) is 14.4. The molecule has 5 heteroatoms. The molecule has 1 saturated heterocycles. The standard InChI is InChI=1S/C12H22O5/c1-12(2,3)16-7-6-15-8-9-4-5-10(17-9)11(13)14/h9-10H,4-8H2,1-3H3,(H,13,14). The lowest BCUT2D eigenvalue weighted by Gasteiger charge is -2.19. The zero-order valence-electron chi connectivity index (χ0n) is 10.8. The van der Waals surface area contributed by atoms with Gasteiger partial charge in [-0.1, -0.05) is 0 Å². The van der Waals surface area contributed by atoms with E-state index in [9.17, 15) is 4.79 Å². The van der Waals surface area contributed by atoms with Gasteiger partial charge >= 0.3 is 5.97 Å². The summed E-state index contributed by atoms with van der Waals surface area (Å²) in [5.41, 5.74) is -0.151. The third-order valence-corrected chi connectivity index (χ3v) is 2.45. The fourth-order valence-corrected chi connectivity index (χ4v) is 1.63. The molecule has 5 nitrogen and oxygen atoms in total. The first-order valence-corrected chi connectivity index (χ1v) is 5.98. The molecule has 100 valence electrons. The minimum absolute atomic E-state index is 0.0919. The Hall–Kier alpha value is -0.650. The van der Waals surface area contributed by atoms with Gasteiger partial charge in [-0.05, 0) is 33.6 Å². The van der Waals surface area contributed by atoms with Crippen LogP contribution in [0.2, 0.25) is 0 Å². The van der Waals surface area contributed by atoms with Crippen LogP contribution in [0.15, 0.2) is 0 Å². The SMILES string of the molecule is CC(C)(C)OCCOCC1CCC(C(=O)O)O1. The number of rotatable bonds is 6. The maximum absolute atomic E-state index is 10.6. The molecule has 1 heterocycles. The quantitative estimate of drug-likeness (QED) is 0.719. The van der Waals surface area contributed by atoms with E-state index in [1.165, 1.54) is 0 Å². The number of hydrogen-bond acceptors (Lipinski definition) is 4. The van der Waals surface area contributed by atoms with Crippen LogP contribution in [0.5, 0.6) is 0 Å². The lowest BCUT2D eigenvalue weighted by atomic mass is 10.2. The molecule has 0 aliphatic carbocycles. The molecule has 0 aromatic heterocycles. The maximum Gasteiger partial charge on any atom is 0.332 e. The van der Waals surface area contributed by atoms with Crippen molar-refractivity contribution in [2.75, 3.05) is 19.8 Å². The molecule has 0 amide bonds. The van der Waals surface area contributed by atoms with Gasteiger partial charge in [0.25, 0.3) is 0 Å². The Morgan fingerprint density at radius 2 is 2.06 bits per heavy atom. The van der Waals surface area contributed by atoms with E-state index in [-0.39, 0.29) is 11.7 Å². The van der Waals surface area contributed by atoms with Gasteiger partial charge in [0.05, 0.1) is 31.5 Å². The molecular formula is C12H22O5. The largest absolute Gasteiger partial charge is 0.479 e. The molecule has 0 aromatic carbocycles. The van der Waals surface area contributed by atoms with Gasteiger partial charge in [0.1, 0.15) is 0 Å². The number of carboxylic acids is 1. The molecule has 0 bridgehead atoms. The minimum Gasteiger partial charge on any atom is -0.479 e. The van der Waals surface area contributed by atoms with Crippen LogP contribution < -0.4 is 0 Å².